The second kappa shape index (κ2) is 8.44. The van der Waals surface area contributed by atoms with Crippen molar-refractivity contribution < 1.29 is 16.5 Å². The van der Waals surface area contributed by atoms with E-state index in [9.17, 15) is 0 Å². The second-order valence-electron chi connectivity index (χ2n) is 8.94. The standard InChI is InChI=1S/C16H36O4Si5/c1-21(17-22(2,3)4)18-25(10,16-14-12-11-13-15-16)20-24(8,9)19-23(5,6)7/h11-15,21H,1-10H3. The van der Waals surface area contributed by atoms with Gasteiger partial charge < -0.3 is 16.5 Å². The van der Waals surface area contributed by atoms with Gasteiger partial charge in [-0.3, -0.25) is 0 Å². The van der Waals surface area contributed by atoms with Crippen LogP contribution < -0.4 is 5.19 Å². The van der Waals surface area contributed by atoms with Gasteiger partial charge in [-0.2, -0.15) is 0 Å². The minimum Gasteiger partial charge on any atom is -0.439 e. The lowest BCUT2D eigenvalue weighted by atomic mass is 10.4. The van der Waals surface area contributed by atoms with Crippen molar-refractivity contribution in [3.63, 3.8) is 0 Å². The minimum absolute atomic E-state index is 1.15. The van der Waals surface area contributed by atoms with Crippen molar-refractivity contribution in [1.29, 1.82) is 0 Å². The molecule has 0 heterocycles. The van der Waals surface area contributed by atoms with Gasteiger partial charge in [0.15, 0.2) is 16.6 Å². The number of hydrogen-bond acceptors (Lipinski definition) is 4. The second-order valence-corrected chi connectivity index (χ2v) is 27.3. The molecule has 0 radical (unpaired) electrons. The van der Waals surface area contributed by atoms with E-state index in [0.717, 1.165) is 5.19 Å². The number of rotatable bonds is 9. The molecule has 2 unspecified atom stereocenters. The molecule has 0 N–H and O–H groups in total. The first-order chi connectivity index (χ1) is 11.1. The highest BCUT2D eigenvalue weighted by atomic mass is 28.5. The summed E-state index contributed by atoms with van der Waals surface area (Å²) in [5, 5.41) is 1.15. The molecule has 0 bridgehead atoms. The monoisotopic (exact) mass is 432 g/mol. The van der Waals surface area contributed by atoms with Crippen LogP contribution in [0.25, 0.3) is 0 Å². The summed E-state index contributed by atoms with van der Waals surface area (Å²) in [7, 11) is -10.0. The van der Waals surface area contributed by atoms with E-state index in [-0.39, 0.29) is 0 Å². The van der Waals surface area contributed by atoms with Crippen LogP contribution in [0, 0.1) is 0 Å². The van der Waals surface area contributed by atoms with Crippen LogP contribution in [0.1, 0.15) is 0 Å². The van der Waals surface area contributed by atoms with E-state index in [2.05, 4.69) is 77.6 Å². The third kappa shape index (κ3) is 9.06. The molecule has 144 valence electrons. The molecule has 1 aromatic rings. The maximum Gasteiger partial charge on any atom is 0.351 e. The van der Waals surface area contributed by atoms with Gasteiger partial charge in [-0.05, 0) is 70.7 Å². The Morgan fingerprint density at radius 1 is 0.680 bits per heavy atom. The Morgan fingerprint density at radius 2 is 1.20 bits per heavy atom. The Labute approximate surface area is 160 Å². The summed E-state index contributed by atoms with van der Waals surface area (Å²) in [6.07, 6.45) is 0. The van der Waals surface area contributed by atoms with Gasteiger partial charge in [-0.25, -0.2) is 0 Å². The van der Waals surface area contributed by atoms with E-state index in [4.69, 9.17) is 16.5 Å². The molecule has 0 amide bonds. The van der Waals surface area contributed by atoms with E-state index in [1.165, 1.54) is 0 Å². The van der Waals surface area contributed by atoms with Crippen molar-refractivity contribution in [1.82, 2.24) is 0 Å². The van der Waals surface area contributed by atoms with Crippen molar-refractivity contribution >= 4 is 48.2 Å². The highest BCUT2D eigenvalue weighted by molar-refractivity contribution is 6.93. The number of hydrogen-bond donors (Lipinski definition) is 0. The fraction of sp³-hybridized carbons (Fsp3) is 0.625. The smallest absolute Gasteiger partial charge is 0.351 e. The zero-order valence-corrected chi connectivity index (χ0v) is 22.8. The maximum atomic E-state index is 6.71. The molecule has 2 atom stereocenters. The summed E-state index contributed by atoms with van der Waals surface area (Å²) >= 11 is 0. The molecular formula is C16H36O4Si5. The first kappa shape index (κ1) is 23.2. The van der Waals surface area contributed by atoms with E-state index in [1.807, 2.05) is 18.2 Å². The summed E-state index contributed by atoms with van der Waals surface area (Å²) < 4.78 is 26.0. The van der Waals surface area contributed by atoms with E-state index in [0.29, 0.717) is 0 Å². The van der Waals surface area contributed by atoms with Crippen LogP contribution >= 0.6 is 0 Å². The average molecular weight is 433 g/mol. The maximum absolute atomic E-state index is 6.71. The summed E-state index contributed by atoms with van der Waals surface area (Å²) in [5.74, 6) is 0. The Morgan fingerprint density at radius 3 is 1.64 bits per heavy atom. The first-order valence-corrected chi connectivity index (χ1v) is 23.0. The Hall–Kier alpha value is 0.144. The predicted molar refractivity (Wildman–Crippen MR) is 119 cm³/mol. The Kier molecular flexibility index (Phi) is 7.83. The molecule has 0 saturated heterocycles. The average Bonchev–Trinajstić information content (AvgIpc) is 2.33. The fourth-order valence-electron chi connectivity index (χ4n) is 2.96. The molecule has 9 heteroatoms. The van der Waals surface area contributed by atoms with Gasteiger partial charge in [0.1, 0.15) is 0 Å². The van der Waals surface area contributed by atoms with Crippen molar-refractivity contribution in [3.05, 3.63) is 30.3 Å². The van der Waals surface area contributed by atoms with Gasteiger partial charge in [0.25, 0.3) is 9.28 Å². The van der Waals surface area contributed by atoms with Crippen molar-refractivity contribution in [2.75, 3.05) is 0 Å². The van der Waals surface area contributed by atoms with Crippen molar-refractivity contribution in [3.8, 4) is 0 Å². The first-order valence-electron chi connectivity index (χ1n) is 8.93. The van der Waals surface area contributed by atoms with Crippen LogP contribution in [0.2, 0.25) is 65.5 Å². The van der Waals surface area contributed by atoms with Crippen LogP contribution in [-0.4, -0.2) is 43.0 Å². The normalized spacial score (nSPS) is 17.2. The highest BCUT2D eigenvalue weighted by Gasteiger charge is 2.45. The third-order valence-electron chi connectivity index (χ3n) is 3.20. The van der Waals surface area contributed by atoms with E-state index >= 15 is 0 Å². The largest absolute Gasteiger partial charge is 0.439 e. The summed E-state index contributed by atoms with van der Waals surface area (Å²) in [6.45, 7) is 21.8. The molecule has 0 spiro atoms. The zero-order chi connectivity index (χ0) is 19.5. The molecule has 0 aliphatic carbocycles. The van der Waals surface area contributed by atoms with Gasteiger partial charge >= 0.3 is 17.1 Å². The molecule has 4 nitrogen and oxygen atoms in total. The lowest BCUT2D eigenvalue weighted by Gasteiger charge is -2.40. The lowest BCUT2D eigenvalue weighted by Crippen LogP contribution is -2.62. The Bertz CT molecular complexity index is 542. The third-order valence-corrected chi connectivity index (χ3v) is 19.8. The van der Waals surface area contributed by atoms with Gasteiger partial charge in [0.2, 0.25) is 0 Å². The predicted octanol–water partition coefficient (Wildman–Crippen LogP) is 4.25. The lowest BCUT2D eigenvalue weighted by molar-refractivity contribution is 0.318. The van der Waals surface area contributed by atoms with E-state index < -0.39 is 43.0 Å². The van der Waals surface area contributed by atoms with Crippen molar-refractivity contribution in [2.24, 2.45) is 0 Å². The van der Waals surface area contributed by atoms with Crippen LogP contribution in [0.5, 0.6) is 0 Å². The molecule has 0 aliphatic rings. The zero-order valence-electron chi connectivity index (χ0n) is 17.6. The summed E-state index contributed by atoms with van der Waals surface area (Å²) in [6, 6.07) is 10.3. The van der Waals surface area contributed by atoms with Gasteiger partial charge in [0.05, 0.1) is 0 Å². The van der Waals surface area contributed by atoms with Gasteiger partial charge in [0, 0.05) is 0 Å². The van der Waals surface area contributed by atoms with Crippen LogP contribution in [-0.2, 0) is 16.5 Å². The van der Waals surface area contributed by atoms with E-state index in [1.54, 1.807) is 0 Å². The quantitative estimate of drug-likeness (QED) is 0.546. The topological polar surface area (TPSA) is 36.9 Å². The molecular weight excluding hydrogens is 397 g/mol. The summed E-state index contributed by atoms with van der Waals surface area (Å²) in [5.41, 5.74) is 0. The molecule has 25 heavy (non-hydrogen) atoms. The fourth-order valence-corrected chi connectivity index (χ4v) is 22.7. The van der Waals surface area contributed by atoms with Crippen LogP contribution in [0.15, 0.2) is 30.3 Å². The Balaban J connectivity index is 3.08. The molecule has 0 saturated carbocycles. The molecule has 1 rings (SSSR count). The van der Waals surface area contributed by atoms with Gasteiger partial charge in [-0.15, -0.1) is 0 Å². The van der Waals surface area contributed by atoms with Crippen LogP contribution in [0.3, 0.4) is 0 Å². The molecule has 0 aromatic heterocycles. The van der Waals surface area contributed by atoms with Gasteiger partial charge in [-0.1, -0.05) is 30.3 Å². The van der Waals surface area contributed by atoms with Crippen LogP contribution in [0.4, 0.5) is 0 Å². The molecule has 0 fully saturated rings. The highest BCUT2D eigenvalue weighted by Crippen LogP contribution is 2.22. The molecule has 0 aliphatic heterocycles. The minimum atomic E-state index is -2.61. The van der Waals surface area contributed by atoms with Crippen molar-refractivity contribution in [2.45, 2.75) is 65.5 Å². The summed E-state index contributed by atoms with van der Waals surface area (Å²) in [4.78, 5) is 0. The molecule has 1 aromatic carbocycles. The SMILES string of the molecule is C[SiH](O[Si](C)(C)C)O[Si](C)(O[Si](C)(C)O[Si](C)(C)C)c1ccccc1. The number of benzene rings is 1.